The fraction of sp³-hybridized carbons (Fsp3) is 0.0588. The molecule has 1 aliphatic rings. The molecule has 24 heavy (non-hydrogen) atoms. The van der Waals surface area contributed by atoms with Crippen LogP contribution in [0.3, 0.4) is 0 Å². The molecule has 4 N–H and O–H groups in total. The molecule has 0 aliphatic carbocycles. The van der Waals surface area contributed by atoms with Crippen LogP contribution in [0.5, 0.6) is 11.5 Å². The van der Waals surface area contributed by atoms with Gasteiger partial charge in [-0.2, -0.15) is 0 Å². The van der Waals surface area contributed by atoms with Crippen LogP contribution >= 0.6 is 15.9 Å². The normalized spacial score (nSPS) is 15.1. The number of hydrogen-bond acceptors (Lipinski definition) is 5. The molecular weight excluding hydrogens is 376 g/mol. The van der Waals surface area contributed by atoms with E-state index in [-0.39, 0.29) is 11.5 Å². The van der Waals surface area contributed by atoms with E-state index < -0.39 is 11.8 Å². The summed E-state index contributed by atoms with van der Waals surface area (Å²) in [5, 5.41) is 24.1. The third kappa shape index (κ3) is 3.11. The summed E-state index contributed by atoms with van der Waals surface area (Å²) in [6.07, 6.45) is 1.52. The summed E-state index contributed by atoms with van der Waals surface area (Å²) >= 11 is 3.34. The molecule has 3 rings (SSSR count). The van der Waals surface area contributed by atoms with E-state index in [9.17, 15) is 19.8 Å². The molecule has 2 aromatic carbocycles. The van der Waals surface area contributed by atoms with Gasteiger partial charge in [-0.05, 0) is 35.9 Å². The van der Waals surface area contributed by atoms with E-state index in [4.69, 9.17) is 0 Å². The van der Waals surface area contributed by atoms with E-state index in [0.717, 1.165) is 10.0 Å². The van der Waals surface area contributed by atoms with Gasteiger partial charge in [-0.25, -0.2) is 0 Å². The molecule has 1 aliphatic heterocycles. The van der Waals surface area contributed by atoms with Crippen molar-refractivity contribution in [3.05, 3.63) is 63.8 Å². The third-order valence-corrected chi connectivity index (χ3v) is 4.07. The van der Waals surface area contributed by atoms with Gasteiger partial charge in [-0.15, -0.1) is 0 Å². The number of nitrogens with one attached hydrogen (secondary N) is 2. The van der Waals surface area contributed by atoms with Crippen LogP contribution in [-0.4, -0.2) is 22.0 Å². The highest BCUT2D eigenvalue weighted by Gasteiger charge is 2.27. The monoisotopic (exact) mass is 388 g/mol. The molecule has 0 spiro atoms. The number of benzene rings is 2. The number of phenolic OH excluding ortho intramolecular Hbond substituents is 2. The van der Waals surface area contributed by atoms with E-state index in [1.807, 2.05) is 0 Å². The minimum Gasteiger partial charge on any atom is -0.504 e. The number of carbonyl (C=O) groups excluding carboxylic acids is 2. The lowest BCUT2D eigenvalue weighted by atomic mass is 9.95. The summed E-state index contributed by atoms with van der Waals surface area (Å²) in [6.45, 7) is 0.335. The van der Waals surface area contributed by atoms with Gasteiger partial charge in [0, 0.05) is 28.3 Å². The van der Waals surface area contributed by atoms with Crippen LogP contribution in [0, 0.1) is 0 Å². The Kier molecular flexibility index (Phi) is 4.26. The molecular formula is C17H13BrN2O4. The highest BCUT2D eigenvalue weighted by molar-refractivity contribution is 9.10. The van der Waals surface area contributed by atoms with E-state index in [2.05, 4.69) is 26.6 Å². The minimum atomic E-state index is -0.480. The Labute approximate surface area is 145 Å². The topological polar surface area (TPSA) is 98.7 Å². The van der Waals surface area contributed by atoms with Crippen molar-refractivity contribution < 1.29 is 19.8 Å². The van der Waals surface area contributed by atoms with Crippen LogP contribution in [0.4, 0.5) is 0 Å². The molecule has 0 fully saturated rings. The first-order valence-corrected chi connectivity index (χ1v) is 7.85. The Morgan fingerprint density at radius 3 is 2.54 bits per heavy atom. The molecule has 2 aromatic rings. The van der Waals surface area contributed by atoms with Gasteiger partial charge < -0.3 is 15.5 Å². The molecule has 0 saturated carbocycles. The van der Waals surface area contributed by atoms with Crippen molar-refractivity contribution in [2.24, 2.45) is 0 Å². The Morgan fingerprint density at radius 1 is 1.00 bits per heavy atom. The zero-order chi connectivity index (χ0) is 17.3. The van der Waals surface area contributed by atoms with Crippen LogP contribution in [-0.2, 0) is 11.3 Å². The summed E-state index contributed by atoms with van der Waals surface area (Å²) < 4.78 is 0.762. The van der Waals surface area contributed by atoms with E-state index in [1.54, 1.807) is 24.3 Å². The molecule has 122 valence electrons. The second-order valence-corrected chi connectivity index (χ2v) is 6.15. The van der Waals surface area contributed by atoms with Crippen LogP contribution in [0.1, 0.15) is 21.5 Å². The first kappa shape index (κ1) is 16.1. The first-order chi connectivity index (χ1) is 11.5. The standard InChI is InChI=1S/C17H13BrN2O4/c18-10-2-3-11-12(6-10)13(17(24)20-16(11)23)8-19-7-9-1-4-14(21)15(22)5-9/h1-6,8,19,21-22H,7H2,(H,20,23,24)/b13-8+. The number of fused-ring (bicyclic) bond motifs is 1. The van der Waals surface area contributed by atoms with Gasteiger partial charge in [0.05, 0.1) is 5.57 Å². The number of amides is 2. The lowest BCUT2D eigenvalue weighted by Gasteiger charge is -2.18. The number of carbonyl (C=O) groups is 2. The van der Waals surface area contributed by atoms with Gasteiger partial charge in [-0.3, -0.25) is 14.9 Å². The molecule has 0 bridgehead atoms. The summed E-state index contributed by atoms with van der Waals surface area (Å²) in [5.74, 6) is -1.31. The van der Waals surface area contributed by atoms with Crippen LogP contribution in [0.15, 0.2) is 47.1 Å². The van der Waals surface area contributed by atoms with Crippen molar-refractivity contribution in [2.45, 2.75) is 6.54 Å². The van der Waals surface area contributed by atoms with Gasteiger partial charge in [0.25, 0.3) is 11.8 Å². The zero-order valence-corrected chi connectivity index (χ0v) is 13.9. The van der Waals surface area contributed by atoms with E-state index in [0.29, 0.717) is 23.2 Å². The molecule has 0 unspecified atom stereocenters. The Morgan fingerprint density at radius 2 is 1.79 bits per heavy atom. The SMILES string of the molecule is O=C1NC(=O)c2ccc(Br)cc2/C1=C\NCc1ccc(O)c(O)c1. The molecule has 7 heteroatoms. The predicted molar refractivity (Wildman–Crippen MR) is 91.2 cm³/mol. The van der Waals surface area contributed by atoms with Gasteiger partial charge >= 0.3 is 0 Å². The second-order valence-electron chi connectivity index (χ2n) is 5.24. The Bertz CT molecular complexity index is 877. The quantitative estimate of drug-likeness (QED) is 0.367. The van der Waals surface area contributed by atoms with Crippen molar-refractivity contribution >= 4 is 33.3 Å². The number of phenols is 2. The van der Waals surface area contributed by atoms with Gasteiger partial charge in [-0.1, -0.05) is 22.0 Å². The van der Waals surface area contributed by atoms with E-state index >= 15 is 0 Å². The van der Waals surface area contributed by atoms with Crippen LogP contribution < -0.4 is 10.6 Å². The molecule has 1 heterocycles. The summed E-state index contributed by atoms with van der Waals surface area (Å²) in [6, 6.07) is 9.56. The molecule has 2 amide bonds. The number of aromatic hydroxyl groups is 2. The molecule has 0 atom stereocenters. The van der Waals surface area contributed by atoms with Gasteiger partial charge in [0.1, 0.15) is 0 Å². The van der Waals surface area contributed by atoms with Crippen LogP contribution in [0.25, 0.3) is 5.57 Å². The fourth-order valence-electron chi connectivity index (χ4n) is 2.39. The average Bonchev–Trinajstić information content (AvgIpc) is 2.53. The number of hydrogen-bond donors (Lipinski definition) is 4. The largest absolute Gasteiger partial charge is 0.504 e. The fourth-order valence-corrected chi connectivity index (χ4v) is 2.75. The second kappa shape index (κ2) is 6.37. The lowest BCUT2D eigenvalue weighted by molar-refractivity contribution is -0.114. The molecule has 0 aromatic heterocycles. The smallest absolute Gasteiger partial charge is 0.260 e. The van der Waals surface area contributed by atoms with Crippen LogP contribution in [0.2, 0.25) is 0 Å². The minimum absolute atomic E-state index is 0.193. The lowest BCUT2D eigenvalue weighted by Crippen LogP contribution is -2.37. The number of halogens is 1. The number of imide groups is 1. The zero-order valence-electron chi connectivity index (χ0n) is 12.3. The van der Waals surface area contributed by atoms with Crippen molar-refractivity contribution in [1.82, 2.24) is 10.6 Å². The van der Waals surface area contributed by atoms with E-state index in [1.165, 1.54) is 18.3 Å². The van der Waals surface area contributed by atoms with Crippen molar-refractivity contribution in [3.8, 4) is 11.5 Å². The Balaban J connectivity index is 1.85. The number of rotatable bonds is 3. The van der Waals surface area contributed by atoms with Crippen molar-refractivity contribution in [1.29, 1.82) is 0 Å². The maximum Gasteiger partial charge on any atom is 0.260 e. The highest BCUT2D eigenvalue weighted by Crippen LogP contribution is 2.27. The summed E-state index contributed by atoms with van der Waals surface area (Å²) in [7, 11) is 0. The summed E-state index contributed by atoms with van der Waals surface area (Å²) in [5.41, 5.74) is 2.03. The average molecular weight is 389 g/mol. The molecule has 0 radical (unpaired) electrons. The molecule has 0 saturated heterocycles. The maximum absolute atomic E-state index is 12.1. The Hall–Kier alpha value is -2.80. The van der Waals surface area contributed by atoms with Crippen molar-refractivity contribution in [3.63, 3.8) is 0 Å². The first-order valence-electron chi connectivity index (χ1n) is 7.05. The maximum atomic E-state index is 12.1. The third-order valence-electron chi connectivity index (χ3n) is 3.58. The summed E-state index contributed by atoms with van der Waals surface area (Å²) in [4.78, 5) is 24.0. The molecule has 6 nitrogen and oxygen atoms in total. The van der Waals surface area contributed by atoms with Crippen molar-refractivity contribution in [2.75, 3.05) is 0 Å². The van der Waals surface area contributed by atoms with Gasteiger partial charge in [0.15, 0.2) is 11.5 Å². The predicted octanol–water partition coefficient (Wildman–Crippen LogP) is 2.26. The van der Waals surface area contributed by atoms with Gasteiger partial charge in [0.2, 0.25) is 0 Å². The highest BCUT2D eigenvalue weighted by atomic mass is 79.9.